The summed E-state index contributed by atoms with van der Waals surface area (Å²) in [5.41, 5.74) is 5.90. The molecule has 0 aliphatic rings. The van der Waals surface area contributed by atoms with Crippen molar-refractivity contribution in [1.29, 1.82) is 0 Å². The van der Waals surface area contributed by atoms with Crippen molar-refractivity contribution in [3.8, 4) is 5.75 Å². The number of esters is 2. The number of benzene rings is 1. The molecule has 0 saturated heterocycles. The van der Waals surface area contributed by atoms with Crippen molar-refractivity contribution in [3.63, 3.8) is 0 Å². The van der Waals surface area contributed by atoms with Crippen molar-refractivity contribution in [2.45, 2.75) is 61.2 Å². The third-order valence-corrected chi connectivity index (χ3v) is 7.67. The number of hydrogen-bond acceptors (Lipinski definition) is 13. The summed E-state index contributed by atoms with van der Waals surface area (Å²) in [6.07, 6.45) is 2.61. The summed E-state index contributed by atoms with van der Waals surface area (Å²) >= 11 is 0. The largest absolute Gasteiger partial charge is 0.491 e. The molecule has 3 rings (SSSR count). The average Bonchev–Trinajstić information content (AvgIpc) is 3.32. The fourth-order valence-electron chi connectivity index (χ4n) is 3.50. The summed E-state index contributed by atoms with van der Waals surface area (Å²) in [5, 5.41) is 0. The minimum absolute atomic E-state index is 0.179. The van der Waals surface area contributed by atoms with E-state index in [1.54, 1.807) is 64.6 Å². The Morgan fingerprint density at radius 3 is 2.09 bits per heavy atom. The second-order valence-corrected chi connectivity index (χ2v) is 13.8. The highest BCUT2D eigenvalue weighted by molar-refractivity contribution is 7.53. The maximum absolute atomic E-state index is 13.7. The van der Waals surface area contributed by atoms with E-state index < -0.39 is 44.0 Å². The van der Waals surface area contributed by atoms with Crippen LogP contribution in [0.15, 0.2) is 30.9 Å². The number of anilines is 1. The van der Waals surface area contributed by atoms with Gasteiger partial charge in [0.15, 0.2) is 17.2 Å². The predicted octanol–water partition coefficient (Wildman–Crippen LogP) is 4.51. The summed E-state index contributed by atoms with van der Waals surface area (Å²) in [6, 6.07) is 4.69. The van der Waals surface area contributed by atoms with Crippen LogP contribution in [0.5, 0.6) is 5.75 Å². The number of fused-ring (bicyclic) bond motifs is 1. The Bertz CT molecular complexity index is 1490. The van der Waals surface area contributed by atoms with Crippen molar-refractivity contribution >= 4 is 42.3 Å². The van der Waals surface area contributed by atoms with E-state index in [1.165, 1.54) is 19.3 Å². The van der Waals surface area contributed by atoms with Crippen LogP contribution in [0, 0.1) is 10.8 Å². The van der Waals surface area contributed by atoms with Crippen LogP contribution in [0.4, 0.5) is 5.82 Å². The summed E-state index contributed by atoms with van der Waals surface area (Å²) in [6.45, 7) is 10.6. The van der Waals surface area contributed by atoms with Gasteiger partial charge in [0.05, 0.1) is 35.4 Å². The molecule has 0 bridgehead atoms. The quantitative estimate of drug-likeness (QED) is 0.122. The predicted molar refractivity (Wildman–Crippen MR) is 156 cm³/mol. The van der Waals surface area contributed by atoms with Gasteiger partial charge in [0.2, 0.25) is 13.6 Å². The third-order valence-electron chi connectivity index (χ3n) is 5.92. The van der Waals surface area contributed by atoms with Crippen LogP contribution in [-0.4, -0.2) is 57.4 Å². The van der Waals surface area contributed by atoms with Gasteiger partial charge in [-0.1, -0.05) is 6.07 Å². The minimum Gasteiger partial charge on any atom is -0.491 e. The molecule has 0 unspecified atom stereocenters. The standard InChI is InChI=1S/C28H38N5O9P/c1-18(34)20-12-19(8-9-21(20)38-11-10-33-15-32-22-23(29)30-14-31-24(22)33)13-43(37,41-16-39-25(35)27(2,3)4)42-17-40-26(36)28(5,6)7/h8-9,12,14-15H,10-11,13,16-17H2,1-7H3,(H2,29,30,31). The lowest BCUT2D eigenvalue weighted by atomic mass is 9.98. The molecule has 0 atom stereocenters. The van der Waals surface area contributed by atoms with Crippen LogP contribution in [0.3, 0.4) is 0 Å². The summed E-state index contributed by atoms with van der Waals surface area (Å²) in [5.74, 6) is -0.856. The van der Waals surface area contributed by atoms with E-state index in [1.807, 2.05) is 0 Å². The number of nitrogens with two attached hydrogens (primary N) is 1. The normalized spacial score (nSPS) is 12.3. The molecule has 1 aromatic carbocycles. The first-order valence-electron chi connectivity index (χ1n) is 13.4. The Morgan fingerprint density at radius 2 is 1.53 bits per heavy atom. The van der Waals surface area contributed by atoms with Crippen molar-refractivity contribution in [1.82, 2.24) is 19.5 Å². The SMILES string of the molecule is CC(=O)c1cc(CP(=O)(OCOC(=O)C(C)(C)C)OCOC(=O)C(C)(C)C)ccc1OCCn1cnc2c(N)ncnc21. The van der Waals surface area contributed by atoms with Gasteiger partial charge in [-0.05, 0) is 66.2 Å². The van der Waals surface area contributed by atoms with E-state index in [4.69, 9.17) is 29.0 Å². The highest BCUT2D eigenvalue weighted by Gasteiger charge is 2.31. The molecule has 15 heteroatoms. The molecule has 2 N–H and O–H groups in total. The first kappa shape index (κ1) is 33.6. The van der Waals surface area contributed by atoms with Crippen molar-refractivity contribution < 1.29 is 42.2 Å². The van der Waals surface area contributed by atoms with Gasteiger partial charge in [-0.15, -0.1) is 0 Å². The summed E-state index contributed by atoms with van der Waals surface area (Å²) < 4.78 is 42.3. The van der Waals surface area contributed by atoms with Gasteiger partial charge in [-0.25, -0.2) is 15.0 Å². The maximum atomic E-state index is 13.7. The van der Waals surface area contributed by atoms with Crippen LogP contribution >= 0.6 is 7.60 Å². The molecule has 0 spiro atoms. The van der Waals surface area contributed by atoms with Crippen LogP contribution < -0.4 is 10.5 Å². The number of nitrogen functional groups attached to an aromatic ring is 1. The number of Topliss-reactive ketones (excluding diaryl/α,β-unsaturated/α-hetero) is 1. The van der Waals surface area contributed by atoms with E-state index >= 15 is 0 Å². The lowest BCUT2D eigenvalue weighted by Gasteiger charge is -2.22. The smallest absolute Gasteiger partial charge is 0.340 e. The molecule has 2 aromatic heterocycles. The average molecular weight is 620 g/mol. The Morgan fingerprint density at radius 1 is 0.930 bits per heavy atom. The van der Waals surface area contributed by atoms with Gasteiger partial charge in [0.1, 0.15) is 24.2 Å². The Balaban J connectivity index is 1.73. The summed E-state index contributed by atoms with van der Waals surface area (Å²) in [7, 11) is -4.04. The molecule has 14 nitrogen and oxygen atoms in total. The minimum atomic E-state index is -4.04. The first-order chi connectivity index (χ1) is 20.0. The molecule has 2 heterocycles. The molecule has 234 valence electrons. The number of ether oxygens (including phenoxy) is 3. The number of carbonyl (C=O) groups is 3. The van der Waals surface area contributed by atoms with Gasteiger partial charge >= 0.3 is 19.5 Å². The van der Waals surface area contributed by atoms with Gasteiger partial charge in [-0.2, -0.15) is 0 Å². The number of nitrogens with zero attached hydrogens (tertiary/aromatic N) is 4. The van der Waals surface area contributed by atoms with Crippen molar-refractivity contribution in [2.75, 3.05) is 25.9 Å². The molecular formula is C28H38N5O9P. The topological polar surface area (TPSA) is 184 Å². The molecule has 0 saturated carbocycles. The highest BCUT2D eigenvalue weighted by Crippen LogP contribution is 2.52. The number of aromatic nitrogens is 4. The van der Waals surface area contributed by atoms with Gasteiger partial charge in [-0.3, -0.25) is 28.0 Å². The van der Waals surface area contributed by atoms with E-state index in [2.05, 4.69) is 15.0 Å². The number of rotatable bonds is 13. The highest BCUT2D eigenvalue weighted by atomic mass is 31.2. The molecule has 43 heavy (non-hydrogen) atoms. The molecule has 3 aromatic rings. The molecular weight excluding hydrogens is 581 g/mol. The van der Waals surface area contributed by atoms with Crippen molar-refractivity contribution in [3.05, 3.63) is 42.0 Å². The van der Waals surface area contributed by atoms with Crippen LogP contribution in [-0.2, 0) is 45.4 Å². The van der Waals surface area contributed by atoms with Crippen LogP contribution in [0.25, 0.3) is 11.2 Å². The van der Waals surface area contributed by atoms with Crippen LogP contribution in [0.2, 0.25) is 0 Å². The number of carbonyl (C=O) groups excluding carboxylic acids is 3. The maximum Gasteiger partial charge on any atom is 0.340 e. The Hall–Kier alpha value is -3.87. The zero-order chi connectivity index (χ0) is 32.0. The molecule has 0 aliphatic carbocycles. The second kappa shape index (κ2) is 13.6. The van der Waals surface area contributed by atoms with E-state index in [9.17, 15) is 18.9 Å². The van der Waals surface area contributed by atoms with Crippen LogP contribution in [0.1, 0.15) is 64.4 Å². The monoisotopic (exact) mass is 619 g/mol. The van der Waals surface area contributed by atoms with E-state index in [-0.39, 0.29) is 29.9 Å². The fourth-order valence-corrected chi connectivity index (χ4v) is 4.83. The molecule has 0 fully saturated rings. The second-order valence-electron chi connectivity index (χ2n) is 11.7. The molecule has 0 aliphatic heterocycles. The lowest BCUT2D eigenvalue weighted by Crippen LogP contribution is -2.25. The molecule has 0 radical (unpaired) electrons. The summed E-state index contributed by atoms with van der Waals surface area (Å²) in [4.78, 5) is 49.1. The van der Waals surface area contributed by atoms with Gasteiger partial charge < -0.3 is 24.5 Å². The zero-order valence-electron chi connectivity index (χ0n) is 25.4. The number of ketones is 1. The van der Waals surface area contributed by atoms with E-state index in [0.29, 0.717) is 29.0 Å². The Kier molecular flexibility index (Phi) is 10.7. The van der Waals surface area contributed by atoms with Gasteiger partial charge in [0.25, 0.3) is 0 Å². The third kappa shape index (κ3) is 9.31. The van der Waals surface area contributed by atoms with Crippen molar-refractivity contribution in [2.24, 2.45) is 10.8 Å². The zero-order valence-corrected chi connectivity index (χ0v) is 26.3. The van der Waals surface area contributed by atoms with E-state index in [0.717, 1.165) is 0 Å². The fraction of sp³-hybridized carbons (Fsp3) is 0.500. The number of hydrogen-bond donors (Lipinski definition) is 1. The van der Waals surface area contributed by atoms with Gasteiger partial charge in [0, 0.05) is 0 Å². The molecule has 0 amide bonds. The lowest BCUT2D eigenvalue weighted by molar-refractivity contribution is -0.162. The Labute approximate surface area is 249 Å². The first-order valence-corrected chi connectivity index (χ1v) is 15.1. The number of imidazole rings is 1.